The van der Waals surface area contributed by atoms with Gasteiger partial charge in [-0.1, -0.05) is 56.3 Å². The van der Waals surface area contributed by atoms with Gasteiger partial charge >= 0.3 is 13.3 Å². The van der Waals surface area contributed by atoms with Gasteiger partial charge in [-0.05, 0) is 97.0 Å². The minimum atomic E-state index is -5.85. The van der Waals surface area contributed by atoms with Crippen molar-refractivity contribution in [1.82, 2.24) is 25.8 Å². The summed E-state index contributed by atoms with van der Waals surface area (Å²) in [6, 6.07) is 10.2. The Morgan fingerprint density at radius 1 is 1.03 bits per heavy atom. The number of piperidine rings is 1. The highest BCUT2D eigenvalue weighted by Crippen LogP contribution is 2.59. The lowest BCUT2D eigenvalue weighted by Gasteiger charge is -2.36. The van der Waals surface area contributed by atoms with Gasteiger partial charge in [-0.2, -0.15) is 8.78 Å². The van der Waals surface area contributed by atoms with Crippen LogP contribution in [0, 0.1) is 23.1 Å². The van der Waals surface area contributed by atoms with Crippen LogP contribution in [0.25, 0.3) is 10.1 Å². The second-order valence-corrected chi connectivity index (χ2v) is 21.7. The molecule has 376 valence electrons. The van der Waals surface area contributed by atoms with E-state index in [1.54, 1.807) is 39.0 Å². The third-order valence-corrected chi connectivity index (χ3v) is 15.0. The van der Waals surface area contributed by atoms with Crippen molar-refractivity contribution in [2.45, 2.75) is 102 Å². The molecule has 4 aromatic rings. The van der Waals surface area contributed by atoms with E-state index in [-0.39, 0.29) is 78.1 Å². The van der Waals surface area contributed by atoms with E-state index >= 15 is 0 Å². The lowest BCUT2D eigenvalue weighted by atomic mass is 9.85. The normalized spacial score (nSPS) is 17.6. The first kappa shape index (κ1) is 52.7. The van der Waals surface area contributed by atoms with Crippen LogP contribution in [0.4, 0.5) is 18.9 Å². The fraction of sp³-hybridized carbons (Fsp3) is 0.408. The summed E-state index contributed by atoms with van der Waals surface area (Å²) in [4.78, 5) is 116. The number of hydrogen-bond acceptors (Lipinski definition) is 9. The molecule has 0 saturated carbocycles. The van der Waals surface area contributed by atoms with Gasteiger partial charge in [0.1, 0.15) is 23.9 Å². The molecular formula is C49H51ClF3N6O10PS. The standard InChI is InChI=1S/C49H51ClF3N6O10PS/c1-48(2,3)42(56-44(63)39-25-29-24-30(14-18-38(29)71-39)49(52,53)70(67,68)69)47(66)58-22-9-13-37(58)46(65)57(31-15-16-34(50)35(51)26-31)23-20-40(60)54-21-7-5-4-6-10-28-11-8-12-32-33(28)27-59(45(32)64)36-17-19-41(61)55-43(36)62/h8,11-12,14-16,18,24-26,36-37,42H,4-5,7,9,13,17,19-23,27H2,1-3H3,(H,54,60)(H,56,63)(H,55,61,62)(H2,67,68,69)/t36?,37-,42?/m0/s1. The SMILES string of the molecule is CC(C)(C)C(NC(=O)c1cc2cc(C(F)(F)P(=O)(O)O)ccc2s1)C(=O)N1CCC[C@H]1C(=O)N(CCC(=O)NCCCCC#Cc1cccc2c1CN(C1CCC(=O)NC1=O)C2=O)c1ccc(Cl)c(F)c1. The predicted molar refractivity (Wildman–Crippen MR) is 258 cm³/mol. The van der Waals surface area contributed by atoms with Gasteiger partial charge in [-0.3, -0.25) is 43.4 Å². The molecule has 4 heterocycles. The van der Waals surface area contributed by atoms with Crippen molar-refractivity contribution in [2.75, 3.05) is 24.5 Å². The number of rotatable bonds is 15. The van der Waals surface area contributed by atoms with Crippen LogP contribution in [-0.2, 0) is 40.7 Å². The van der Waals surface area contributed by atoms with Crippen LogP contribution >= 0.6 is 30.5 Å². The third kappa shape index (κ3) is 11.7. The van der Waals surface area contributed by atoms with Crippen LogP contribution in [0.3, 0.4) is 0 Å². The number of nitrogens with zero attached hydrogens (tertiary/aromatic N) is 3. The topological polar surface area (TPSA) is 223 Å². The van der Waals surface area contributed by atoms with E-state index in [4.69, 9.17) is 11.6 Å². The van der Waals surface area contributed by atoms with Crippen molar-refractivity contribution >= 4 is 87.7 Å². The van der Waals surface area contributed by atoms with Gasteiger partial charge in [0.15, 0.2) is 0 Å². The average Bonchev–Trinajstić information content (AvgIpc) is 4.06. The quantitative estimate of drug-likeness (QED) is 0.0373. The Labute approximate surface area is 415 Å². The summed E-state index contributed by atoms with van der Waals surface area (Å²) in [5.74, 6) is 1.99. The number of imide groups is 1. The molecule has 2 fully saturated rings. The van der Waals surface area contributed by atoms with Crippen LogP contribution in [0.5, 0.6) is 0 Å². The number of fused-ring (bicyclic) bond motifs is 2. The lowest BCUT2D eigenvalue weighted by molar-refractivity contribution is -0.141. The number of likely N-dealkylation sites (tertiary alicyclic amines) is 1. The van der Waals surface area contributed by atoms with Crippen LogP contribution < -0.4 is 20.9 Å². The van der Waals surface area contributed by atoms with Crippen molar-refractivity contribution in [2.24, 2.45) is 5.41 Å². The van der Waals surface area contributed by atoms with E-state index in [0.717, 1.165) is 29.5 Å². The summed E-state index contributed by atoms with van der Waals surface area (Å²) in [7, 11) is -5.85. The molecule has 7 amide bonds. The average molecular weight is 1040 g/mol. The largest absolute Gasteiger partial charge is 0.399 e. The van der Waals surface area contributed by atoms with Gasteiger partial charge in [0.25, 0.3) is 11.8 Å². The molecule has 0 aliphatic carbocycles. The summed E-state index contributed by atoms with van der Waals surface area (Å²) in [5.41, 5.74) is -4.37. The molecule has 3 aromatic carbocycles. The van der Waals surface area contributed by atoms with E-state index in [0.29, 0.717) is 53.6 Å². The molecule has 3 aliphatic heterocycles. The summed E-state index contributed by atoms with van der Waals surface area (Å²) >= 11 is 6.90. The second kappa shape index (κ2) is 21.3. The van der Waals surface area contributed by atoms with E-state index in [2.05, 4.69) is 27.8 Å². The van der Waals surface area contributed by atoms with Gasteiger partial charge in [0.2, 0.25) is 29.5 Å². The molecule has 22 heteroatoms. The van der Waals surface area contributed by atoms with Crippen LogP contribution in [-0.4, -0.2) is 98.7 Å². The Hall–Kier alpha value is -6.10. The Bertz CT molecular complexity index is 2930. The highest BCUT2D eigenvalue weighted by atomic mass is 35.5. The summed E-state index contributed by atoms with van der Waals surface area (Å²) in [6.07, 6.45) is 2.51. The van der Waals surface area contributed by atoms with E-state index in [9.17, 15) is 61.1 Å². The second-order valence-electron chi connectivity index (χ2n) is 18.6. The lowest BCUT2D eigenvalue weighted by Crippen LogP contribution is -2.58. The number of carbonyl (C=O) groups excluding carboxylic acids is 7. The molecule has 0 bridgehead atoms. The van der Waals surface area contributed by atoms with Gasteiger partial charge in [0.05, 0.1) is 9.90 Å². The van der Waals surface area contributed by atoms with E-state index in [1.807, 2.05) is 0 Å². The molecule has 0 radical (unpaired) electrons. The highest BCUT2D eigenvalue weighted by Gasteiger charge is 2.50. The minimum absolute atomic E-state index is 0.0314. The Morgan fingerprint density at radius 2 is 1.79 bits per heavy atom. The van der Waals surface area contributed by atoms with Gasteiger partial charge in [0, 0.05) is 72.5 Å². The van der Waals surface area contributed by atoms with Crippen molar-refractivity contribution in [3.8, 4) is 11.8 Å². The molecule has 3 aliphatic rings. The number of anilines is 1. The Kier molecular flexibility index (Phi) is 15.8. The molecule has 7 rings (SSSR count). The maximum absolute atomic E-state index is 14.9. The molecule has 0 spiro atoms. The van der Waals surface area contributed by atoms with Gasteiger partial charge < -0.3 is 35.1 Å². The Balaban J connectivity index is 0.956. The van der Waals surface area contributed by atoms with Crippen LogP contribution in [0.2, 0.25) is 5.02 Å². The first-order valence-corrected chi connectivity index (χ1v) is 25.6. The predicted octanol–water partition coefficient (Wildman–Crippen LogP) is 6.58. The number of carbonyl (C=O) groups is 7. The number of hydrogen-bond donors (Lipinski definition) is 5. The molecule has 16 nitrogen and oxygen atoms in total. The van der Waals surface area contributed by atoms with Crippen molar-refractivity contribution < 1.29 is 61.1 Å². The number of thiophene rings is 1. The monoisotopic (exact) mass is 1040 g/mol. The summed E-state index contributed by atoms with van der Waals surface area (Å²) in [6.45, 7) is 5.57. The van der Waals surface area contributed by atoms with E-state index in [1.165, 1.54) is 39.0 Å². The zero-order valence-electron chi connectivity index (χ0n) is 38.9. The van der Waals surface area contributed by atoms with Crippen molar-refractivity contribution in [3.05, 3.63) is 98.6 Å². The first-order chi connectivity index (χ1) is 33.5. The molecule has 2 unspecified atom stereocenters. The summed E-state index contributed by atoms with van der Waals surface area (Å²) in [5, 5.41) is 7.81. The number of alkyl halides is 2. The van der Waals surface area contributed by atoms with E-state index < -0.39 is 77.7 Å². The maximum atomic E-state index is 14.9. The number of halogens is 4. The fourth-order valence-electron chi connectivity index (χ4n) is 8.74. The number of benzene rings is 3. The van der Waals surface area contributed by atoms with Crippen LogP contribution in [0.1, 0.15) is 109 Å². The molecule has 3 atom stereocenters. The highest BCUT2D eigenvalue weighted by molar-refractivity contribution is 7.52. The number of amides is 7. The smallest absolute Gasteiger partial charge is 0.356 e. The molecule has 5 N–H and O–H groups in total. The third-order valence-electron chi connectivity index (χ3n) is 12.6. The zero-order valence-corrected chi connectivity index (χ0v) is 41.3. The van der Waals surface area contributed by atoms with Gasteiger partial charge in [-0.15, -0.1) is 11.3 Å². The maximum Gasteiger partial charge on any atom is 0.399 e. The first-order valence-electron chi connectivity index (χ1n) is 22.8. The Morgan fingerprint density at radius 3 is 2.49 bits per heavy atom. The van der Waals surface area contributed by atoms with Gasteiger partial charge in [-0.25, -0.2) is 4.39 Å². The molecular weight excluding hydrogens is 988 g/mol. The minimum Gasteiger partial charge on any atom is -0.356 e. The van der Waals surface area contributed by atoms with Crippen molar-refractivity contribution in [1.29, 1.82) is 0 Å². The molecule has 1 aromatic heterocycles. The fourth-order valence-corrected chi connectivity index (χ4v) is 10.3. The number of nitrogens with one attached hydrogen (secondary N) is 3. The zero-order chi connectivity index (χ0) is 51.6. The summed E-state index contributed by atoms with van der Waals surface area (Å²) < 4.78 is 55.7. The molecule has 2 saturated heterocycles. The van der Waals surface area contributed by atoms with Crippen LogP contribution in [0.15, 0.2) is 60.7 Å². The number of unbranched alkanes of at least 4 members (excludes halogenated alkanes) is 2. The van der Waals surface area contributed by atoms with Crippen molar-refractivity contribution in [3.63, 3.8) is 0 Å². The molecule has 71 heavy (non-hydrogen) atoms.